The van der Waals surface area contributed by atoms with Crippen LogP contribution >= 0.6 is 0 Å². The standard InChI is InChI=1S/C20H33N5O2/c1-21-19(23-15-20(25(4)5)10-12-27-13-11-20)22-14-16-6-8-17(9-7-16)18(26)24(2)3/h6-9H,10-15H2,1-5H3,(H2,21,22,23). The van der Waals surface area contributed by atoms with Crippen LogP contribution in [0.3, 0.4) is 0 Å². The Morgan fingerprint density at radius 2 is 1.74 bits per heavy atom. The lowest BCUT2D eigenvalue weighted by molar-refractivity contribution is -0.00501. The lowest BCUT2D eigenvalue weighted by atomic mass is 9.88. The summed E-state index contributed by atoms with van der Waals surface area (Å²) >= 11 is 0. The zero-order valence-corrected chi connectivity index (χ0v) is 17.2. The molecule has 0 saturated carbocycles. The Bertz CT molecular complexity index is 634. The first-order valence-corrected chi connectivity index (χ1v) is 9.38. The maximum atomic E-state index is 12.0. The van der Waals surface area contributed by atoms with Crippen LogP contribution in [0.5, 0.6) is 0 Å². The van der Waals surface area contributed by atoms with E-state index in [1.54, 1.807) is 26.0 Å². The third-order valence-electron chi connectivity index (χ3n) is 5.25. The highest BCUT2D eigenvalue weighted by molar-refractivity contribution is 5.93. The van der Waals surface area contributed by atoms with Crippen molar-refractivity contribution in [2.24, 2.45) is 4.99 Å². The molecule has 2 N–H and O–H groups in total. The molecule has 0 spiro atoms. The molecule has 1 aliphatic heterocycles. The molecule has 0 bridgehead atoms. The molecular weight excluding hydrogens is 342 g/mol. The van der Waals surface area contributed by atoms with Gasteiger partial charge in [0.1, 0.15) is 0 Å². The van der Waals surface area contributed by atoms with E-state index in [-0.39, 0.29) is 11.4 Å². The van der Waals surface area contributed by atoms with Gasteiger partial charge in [0.2, 0.25) is 0 Å². The fraction of sp³-hybridized carbons (Fsp3) is 0.600. The van der Waals surface area contributed by atoms with E-state index in [2.05, 4.69) is 34.6 Å². The summed E-state index contributed by atoms with van der Waals surface area (Å²) in [6, 6.07) is 7.66. The predicted octanol–water partition coefficient (Wildman–Crippen LogP) is 1.16. The largest absolute Gasteiger partial charge is 0.381 e. The smallest absolute Gasteiger partial charge is 0.253 e. The van der Waals surface area contributed by atoms with Gasteiger partial charge < -0.3 is 25.2 Å². The molecule has 1 fully saturated rings. The molecule has 1 amide bonds. The summed E-state index contributed by atoms with van der Waals surface area (Å²) in [4.78, 5) is 20.2. The van der Waals surface area contributed by atoms with Gasteiger partial charge in [-0.25, -0.2) is 0 Å². The Morgan fingerprint density at radius 1 is 1.11 bits per heavy atom. The van der Waals surface area contributed by atoms with Crippen LogP contribution in [-0.4, -0.2) is 82.2 Å². The first-order chi connectivity index (χ1) is 12.9. The van der Waals surface area contributed by atoms with E-state index < -0.39 is 0 Å². The number of carbonyl (C=O) groups excluding carboxylic acids is 1. The summed E-state index contributed by atoms with van der Waals surface area (Å²) in [6.07, 6.45) is 2.01. The van der Waals surface area contributed by atoms with Crippen molar-refractivity contribution < 1.29 is 9.53 Å². The summed E-state index contributed by atoms with van der Waals surface area (Å²) in [7, 11) is 9.54. The number of hydrogen-bond donors (Lipinski definition) is 2. The number of hydrogen-bond acceptors (Lipinski definition) is 4. The lowest BCUT2D eigenvalue weighted by Gasteiger charge is -2.43. The highest BCUT2D eigenvalue weighted by Crippen LogP contribution is 2.24. The fourth-order valence-corrected chi connectivity index (χ4v) is 3.21. The van der Waals surface area contributed by atoms with Gasteiger partial charge in [-0.05, 0) is 44.6 Å². The topological polar surface area (TPSA) is 69.2 Å². The maximum absolute atomic E-state index is 12.0. The summed E-state index contributed by atoms with van der Waals surface area (Å²) in [5, 5.41) is 6.80. The van der Waals surface area contributed by atoms with Crippen LogP contribution < -0.4 is 10.6 Å². The van der Waals surface area contributed by atoms with Crippen LogP contribution in [0, 0.1) is 0 Å². The van der Waals surface area contributed by atoms with Crippen LogP contribution in [0.25, 0.3) is 0 Å². The summed E-state index contributed by atoms with van der Waals surface area (Å²) < 4.78 is 5.53. The Kier molecular flexibility index (Phi) is 7.62. The van der Waals surface area contributed by atoms with E-state index in [1.165, 1.54) is 0 Å². The van der Waals surface area contributed by atoms with Crippen molar-refractivity contribution in [1.82, 2.24) is 20.4 Å². The molecular formula is C20H33N5O2. The van der Waals surface area contributed by atoms with Gasteiger partial charge in [0.15, 0.2) is 5.96 Å². The van der Waals surface area contributed by atoms with E-state index in [9.17, 15) is 4.79 Å². The van der Waals surface area contributed by atoms with Crippen LogP contribution in [0.4, 0.5) is 0 Å². The molecule has 1 aromatic rings. The van der Waals surface area contributed by atoms with E-state index >= 15 is 0 Å². The molecule has 7 nitrogen and oxygen atoms in total. The van der Waals surface area contributed by atoms with Crippen LogP contribution in [0.15, 0.2) is 29.3 Å². The molecule has 0 atom stereocenters. The second-order valence-electron chi connectivity index (χ2n) is 7.41. The average molecular weight is 376 g/mol. The third-order valence-corrected chi connectivity index (χ3v) is 5.25. The van der Waals surface area contributed by atoms with Crippen molar-refractivity contribution in [1.29, 1.82) is 0 Å². The van der Waals surface area contributed by atoms with Gasteiger partial charge in [0.05, 0.1) is 0 Å². The first-order valence-electron chi connectivity index (χ1n) is 9.38. The summed E-state index contributed by atoms with van der Waals surface area (Å²) in [5.41, 5.74) is 1.88. The Labute approximate surface area is 162 Å². The molecule has 1 saturated heterocycles. The van der Waals surface area contributed by atoms with Crippen molar-refractivity contribution in [2.45, 2.75) is 24.9 Å². The van der Waals surface area contributed by atoms with Crippen LogP contribution in [-0.2, 0) is 11.3 Å². The number of aliphatic imine (C=N–C) groups is 1. The van der Waals surface area contributed by atoms with Gasteiger partial charge in [0.25, 0.3) is 5.91 Å². The minimum atomic E-state index is 0.0115. The second kappa shape index (κ2) is 9.71. The van der Waals surface area contributed by atoms with Crippen LogP contribution in [0.2, 0.25) is 0 Å². The van der Waals surface area contributed by atoms with Gasteiger partial charge in [-0.1, -0.05) is 12.1 Å². The molecule has 150 valence electrons. The number of amides is 1. The molecule has 0 aromatic heterocycles. The van der Waals surface area contributed by atoms with E-state index in [4.69, 9.17) is 4.74 Å². The number of benzene rings is 1. The van der Waals surface area contributed by atoms with E-state index in [1.807, 2.05) is 24.3 Å². The Morgan fingerprint density at radius 3 is 2.26 bits per heavy atom. The predicted molar refractivity (Wildman–Crippen MR) is 109 cm³/mol. The monoisotopic (exact) mass is 375 g/mol. The minimum absolute atomic E-state index is 0.0115. The second-order valence-corrected chi connectivity index (χ2v) is 7.41. The van der Waals surface area contributed by atoms with Gasteiger partial charge in [-0.3, -0.25) is 9.79 Å². The molecule has 0 radical (unpaired) electrons. The lowest BCUT2D eigenvalue weighted by Crippen LogP contribution is -2.57. The zero-order valence-electron chi connectivity index (χ0n) is 17.2. The first kappa shape index (κ1) is 21.2. The number of nitrogens with zero attached hydrogens (tertiary/aromatic N) is 3. The minimum Gasteiger partial charge on any atom is -0.381 e. The van der Waals surface area contributed by atoms with Gasteiger partial charge in [0, 0.05) is 58.5 Å². The van der Waals surface area contributed by atoms with Crippen molar-refractivity contribution in [2.75, 3.05) is 55.0 Å². The Hall–Kier alpha value is -2.12. The SMILES string of the molecule is CN=C(NCc1ccc(C(=O)N(C)C)cc1)NCC1(N(C)C)CCOCC1. The molecule has 0 aliphatic carbocycles. The number of guanidine groups is 1. The van der Waals surface area contributed by atoms with Gasteiger partial charge in [-0.2, -0.15) is 0 Å². The highest BCUT2D eigenvalue weighted by Gasteiger charge is 2.34. The molecule has 1 heterocycles. The summed E-state index contributed by atoms with van der Waals surface area (Å²) in [5.74, 6) is 0.786. The molecule has 27 heavy (non-hydrogen) atoms. The van der Waals surface area contributed by atoms with E-state index in [0.717, 1.165) is 44.1 Å². The van der Waals surface area contributed by atoms with Gasteiger partial charge in [-0.15, -0.1) is 0 Å². The average Bonchev–Trinajstić information content (AvgIpc) is 2.68. The number of nitrogens with one attached hydrogen (secondary N) is 2. The highest BCUT2D eigenvalue weighted by atomic mass is 16.5. The van der Waals surface area contributed by atoms with Crippen molar-refractivity contribution in [3.8, 4) is 0 Å². The number of likely N-dealkylation sites (N-methyl/N-ethyl adjacent to an activating group) is 1. The number of rotatable bonds is 6. The van der Waals surface area contributed by atoms with Crippen molar-refractivity contribution >= 4 is 11.9 Å². The van der Waals surface area contributed by atoms with Crippen molar-refractivity contribution in [3.63, 3.8) is 0 Å². The summed E-state index contributed by atoms with van der Waals surface area (Å²) in [6.45, 7) is 3.06. The third kappa shape index (κ3) is 5.68. The zero-order chi connectivity index (χ0) is 19.9. The normalized spacial score (nSPS) is 16.9. The van der Waals surface area contributed by atoms with Crippen LogP contribution in [0.1, 0.15) is 28.8 Å². The molecule has 0 unspecified atom stereocenters. The maximum Gasteiger partial charge on any atom is 0.253 e. The number of ether oxygens (including phenoxy) is 1. The molecule has 1 aliphatic rings. The molecule has 2 rings (SSSR count). The quantitative estimate of drug-likeness (QED) is 0.577. The van der Waals surface area contributed by atoms with Gasteiger partial charge >= 0.3 is 0 Å². The molecule has 1 aromatic carbocycles. The molecule has 7 heteroatoms. The van der Waals surface area contributed by atoms with Crippen molar-refractivity contribution in [3.05, 3.63) is 35.4 Å². The Balaban J connectivity index is 1.89. The fourth-order valence-electron chi connectivity index (χ4n) is 3.21. The van der Waals surface area contributed by atoms with E-state index in [0.29, 0.717) is 12.1 Å². The number of carbonyl (C=O) groups is 1.